The summed E-state index contributed by atoms with van der Waals surface area (Å²) in [6.07, 6.45) is 1.64. The van der Waals surface area contributed by atoms with Crippen molar-refractivity contribution in [2.24, 2.45) is 0 Å². The molecular formula is C11H12F2N2O. The van der Waals surface area contributed by atoms with Gasteiger partial charge < -0.3 is 9.67 Å². The molecule has 1 N–H and O–H groups in total. The molecule has 86 valence electrons. The molecule has 0 amide bonds. The van der Waals surface area contributed by atoms with Gasteiger partial charge in [0.1, 0.15) is 0 Å². The van der Waals surface area contributed by atoms with Crippen molar-refractivity contribution in [2.45, 2.75) is 26.0 Å². The number of imidazole rings is 1. The molecule has 0 saturated heterocycles. The van der Waals surface area contributed by atoms with Crippen LogP contribution in [0.4, 0.5) is 8.78 Å². The molecule has 0 aliphatic heterocycles. The average Bonchev–Trinajstić information content (AvgIpc) is 2.58. The molecule has 0 aliphatic carbocycles. The standard InChI is InChI=1S/C11H12F2N2O/c1-7(16)2-3-15-6-14-10-4-8(12)9(13)5-11(10)15/h4-7,16H,2-3H2,1H3/t7-/m1/s1. The van der Waals surface area contributed by atoms with Crippen LogP contribution in [-0.2, 0) is 6.54 Å². The molecule has 3 nitrogen and oxygen atoms in total. The second-order valence-corrected chi connectivity index (χ2v) is 3.83. The van der Waals surface area contributed by atoms with Gasteiger partial charge in [-0.1, -0.05) is 0 Å². The minimum atomic E-state index is -0.895. The van der Waals surface area contributed by atoms with Crippen LogP contribution in [-0.4, -0.2) is 20.8 Å². The first-order chi connectivity index (χ1) is 7.58. The fraction of sp³-hybridized carbons (Fsp3) is 0.364. The third kappa shape index (κ3) is 2.04. The Morgan fingerprint density at radius 1 is 1.38 bits per heavy atom. The predicted molar refractivity (Wildman–Crippen MR) is 55.9 cm³/mol. The summed E-state index contributed by atoms with van der Waals surface area (Å²) < 4.78 is 27.6. The van der Waals surface area contributed by atoms with Gasteiger partial charge in [0.05, 0.1) is 23.5 Å². The van der Waals surface area contributed by atoms with Gasteiger partial charge in [0, 0.05) is 18.7 Å². The highest BCUT2D eigenvalue weighted by Gasteiger charge is 2.09. The van der Waals surface area contributed by atoms with E-state index in [9.17, 15) is 8.78 Å². The lowest BCUT2D eigenvalue weighted by Gasteiger charge is -2.06. The molecule has 0 radical (unpaired) electrons. The minimum Gasteiger partial charge on any atom is -0.393 e. The molecule has 2 aromatic rings. The highest BCUT2D eigenvalue weighted by molar-refractivity contribution is 5.75. The Morgan fingerprint density at radius 3 is 2.75 bits per heavy atom. The topological polar surface area (TPSA) is 38.0 Å². The second kappa shape index (κ2) is 4.17. The van der Waals surface area contributed by atoms with Crippen LogP contribution in [0, 0.1) is 11.6 Å². The number of aliphatic hydroxyl groups is 1. The largest absolute Gasteiger partial charge is 0.393 e. The zero-order valence-electron chi connectivity index (χ0n) is 8.82. The molecule has 1 aromatic carbocycles. The van der Waals surface area contributed by atoms with E-state index in [2.05, 4.69) is 4.98 Å². The van der Waals surface area contributed by atoms with Crippen molar-refractivity contribution < 1.29 is 13.9 Å². The summed E-state index contributed by atoms with van der Waals surface area (Å²) in [6.45, 7) is 2.21. The first-order valence-electron chi connectivity index (χ1n) is 5.06. The molecule has 5 heteroatoms. The van der Waals surface area contributed by atoms with E-state index in [0.29, 0.717) is 24.0 Å². The number of rotatable bonds is 3. The summed E-state index contributed by atoms with van der Waals surface area (Å²) in [5.41, 5.74) is 0.962. The van der Waals surface area contributed by atoms with Gasteiger partial charge in [-0.05, 0) is 13.3 Å². The number of aromatic nitrogens is 2. The minimum absolute atomic E-state index is 0.421. The summed E-state index contributed by atoms with van der Waals surface area (Å²) in [6, 6.07) is 2.20. The Kier molecular flexibility index (Phi) is 2.87. The van der Waals surface area contributed by atoms with E-state index in [0.717, 1.165) is 12.1 Å². The van der Waals surface area contributed by atoms with Crippen LogP contribution in [0.5, 0.6) is 0 Å². The number of nitrogens with zero attached hydrogens (tertiary/aromatic N) is 2. The lowest BCUT2D eigenvalue weighted by molar-refractivity contribution is 0.178. The van der Waals surface area contributed by atoms with Gasteiger partial charge in [0.25, 0.3) is 0 Å². The number of aryl methyl sites for hydroxylation is 1. The van der Waals surface area contributed by atoms with Gasteiger partial charge in [-0.3, -0.25) is 0 Å². The number of halogens is 2. The van der Waals surface area contributed by atoms with Crippen LogP contribution in [0.3, 0.4) is 0 Å². The van der Waals surface area contributed by atoms with Crippen LogP contribution in [0.1, 0.15) is 13.3 Å². The van der Waals surface area contributed by atoms with Gasteiger partial charge in [0.2, 0.25) is 0 Å². The monoisotopic (exact) mass is 226 g/mol. The zero-order chi connectivity index (χ0) is 11.7. The number of hydrogen-bond donors (Lipinski definition) is 1. The molecule has 0 bridgehead atoms. The molecule has 1 aromatic heterocycles. The maximum absolute atomic E-state index is 13.0. The van der Waals surface area contributed by atoms with Gasteiger partial charge in [0.15, 0.2) is 11.6 Å². The molecule has 0 spiro atoms. The number of benzene rings is 1. The van der Waals surface area contributed by atoms with Crippen molar-refractivity contribution >= 4 is 11.0 Å². The smallest absolute Gasteiger partial charge is 0.161 e. The number of aliphatic hydroxyl groups excluding tert-OH is 1. The molecular weight excluding hydrogens is 214 g/mol. The quantitative estimate of drug-likeness (QED) is 0.870. The van der Waals surface area contributed by atoms with Crippen LogP contribution in [0.2, 0.25) is 0 Å². The molecule has 1 heterocycles. The highest BCUT2D eigenvalue weighted by Crippen LogP contribution is 2.17. The Bertz CT molecular complexity index is 508. The van der Waals surface area contributed by atoms with E-state index < -0.39 is 17.7 Å². The predicted octanol–water partition coefficient (Wildman–Crippen LogP) is 2.09. The fourth-order valence-corrected chi connectivity index (χ4v) is 1.56. The molecule has 16 heavy (non-hydrogen) atoms. The zero-order valence-corrected chi connectivity index (χ0v) is 8.82. The molecule has 0 unspecified atom stereocenters. The third-order valence-electron chi connectivity index (χ3n) is 2.45. The van der Waals surface area contributed by atoms with Crippen LogP contribution in [0.15, 0.2) is 18.5 Å². The van der Waals surface area contributed by atoms with E-state index in [-0.39, 0.29) is 0 Å². The van der Waals surface area contributed by atoms with Gasteiger partial charge in [-0.25, -0.2) is 13.8 Å². The summed E-state index contributed by atoms with van der Waals surface area (Å²) in [5.74, 6) is -1.78. The SMILES string of the molecule is C[C@@H](O)CCn1cnc2cc(F)c(F)cc21. The third-order valence-corrected chi connectivity index (χ3v) is 2.45. The molecule has 1 atom stereocenters. The first kappa shape index (κ1) is 11.0. The van der Waals surface area contributed by atoms with E-state index in [1.54, 1.807) is 11.5 Å². The molecule has 2 rings (SSSR count). The molecule has 0 aliphatic rings. The maximum atomic E-state index is 13.0. The Morgan fingerprint density at radius 2 is 2.06 bits per heavy atom. The van der Waals surface area contributed by atoms with Gasteiger partial charge >= 0.3 is 0 Å². The molecule has 0 saturated carbocycles. The van der Waals surface area contributed by atoms with Gasteiger partial charge in [-0.15, -0.1) is 0 Å². The van der Waals surface area contributed by atoms with Crippen molar-refractivity contribution in [3.05, 3.63) is 30.1 Å². The van der Waals surface area contributed by atoms with E-state index in [1.165, 1.54) is 6.33 Å². The lowest BCUT2D eigenvalue weighted by atomic mass is 10.2. The van der Waals surface area contributed by atoms with Crippen molar-refractivity contribution in [3.63, 3.8) is 0 Å². The molecule has 0 fully saturated rings. The van der Waals surface area contributed by atoms with Crippen molar-refractivity contribution in [1.82, 2.24) is 9.55 Å². The Balaban J connectivity index is 2.36. The van der Waals surface area contributed by atoms with Crippen molar-refractivity contribution in [3.8, 4) is 0 Å². The Hall–Kier alpha value is -1.49. The number of hydrogen-bond acceptors (Lipinski definition) is 2. The highest BCUT2D eigenvalue weighted by atomic mass is 19.2. The second-order valence-electron chi connectivity index (χ2n) is 3.83. The van der Waals surface area contributed by atoms with Crippen LogP contribution < -0.4 is 0 Å². The normalized spacial score (nSPS) is 13.2. The number of fused-ring (bicyclic) bond motifs is 1. The maximum Gasteiger partial charge on any atom is 0.161 e. The summed E-state index contributed by atoms with van der Waals surface area (Å²) >= 11 is 0. The van der Waals surface area contributed by atoms with Crippen molar-refractivity contribution in [2.75, 3.05) is 0 Å². The van der Waals surface area contributed by atoms with Crippen molar-refractivity contribution in [1.29, 1.82) is 0 Å². The van der Waals surface area contributed by atoms with E-state index >= 15 is 0 Å². The van der Waals surface area contributed by atoms with Gasteiger partial charge in [-0.2, -0.15) is 0 Å². The van der Waals surface area contributed by atoms with E-state index in [1.807, 2.05) is 0 Å². The summed E-state index contributed by atoms with van der Waals surface area (Å²) in [7, 11) is 0. The fourth-order valence-electron chi connectivity index (χ4n) is 1.56. The average molecular weight is 226 g/mol. The van der Waals surface area contributed by atoms with Crippen LogP contribution in [0.25, 0.3) is 11.0 Å². The lowest BCUT2D eigenvalue weighted by Crippen LogP contribution is -2.06. The summed E-state index contributed by atoms with van der Waals surface area (Å²) in [4.78, 5) is 3.97. The van der Waals surface area contributed by atoms with E-state index in [4.69, 9.17) is 5.11 Å². The summed E-state index contributed by atoms with van der Waals surface area (Å²) in [5, 5.41) is 9.15. The Labute approximate surface area is 91.3 Å². The first-order valence-corrected chi connectivity index (χ1v) is 5.06. The van der Waals surface area contributed by atoms with Crippen LogP contribution >= 0.6 is 0 Å².